The van der Waals surface area contributed by atoms with E-state index >= 15 is 0 Å². The van der Waals surface area contributed by atoms with Gasteiger partial charge in [0.1, 0.15) is 11.6 Å². The summed E-state index contributed by atoms with van der Waals surface area (Å²) in [4.78, 5) is 0. The third-order valence-electron chi connectivity index (χ3n) is 2.14. The summed E-state index contributed by atoms with van der Waals surface area (Å²) in [6.07, 6.45) is -0.738. The third-order valence-corrected chi connectivity index (χ3v) is 2.77. The Morgan fingerprint density at radius 1 is 1.39 bits per heavy atom. The first-order chi connectivity index (χ1) is 8.40. The van der Waals surface area contributed by atoms with Gasteiger partial charge < -0.3 is 15.2 Å². The minimum atomic E-state index is -0.760. The summed E-state index contributed by atoms with van der Waals surface area (Å²) in [5, 5.41) is 12.3. The van der Waals surface area contributed by atoms with Gasteiger partial charge in [-0.3, -0.25) is 0 Å². The van der Waals surface area contributed by atoms with Gasteiger partial charge in [0, 0.05) is 17.1 Å². The molecule has 3 nitrogen and oxygen atoms in total. The van der Waals surface area contributed by atoms with E-state index in [0.717, 1.165) is 12.1 Å². The fourth-order valence-electron chi connectivity index (χ4n) is 1.29. The molecular weight excluding hydrogens is 308 g/mol. The Morgan fingerprint density at radius 2 is 2.06 bits per heavy atom. The van der Waals surface area contributed by atoms with Crippen LogP contribution >= 0.6 is 15.9 Å². The van der Waals surface area contributed by atoms with Crippen molar-refractivity contribution in [3.63, 3.8) is 0 Å². The van der Waals surface area contributed by atoms with Gasteiger partial charge in [-0.1, -0.05) is 0 Å². The van der Waals surface area contributed by atoms with Gasteiger partial charge >= 0.3 is 0 Å². The number of hydrogen-bond donors (Lipinski definition) is 2. The summed E-state index contributed by atoms with van der Waals surface area (Å²) >= 11 is 3.05. The number of aliphatic hydroxyl groups excluding tert-OH is 1. The summed E-state index contributed by atoms with van der Waals surface area (Å²) in [6, 6.07) is 1.94. The van der Waals surface area contributed by atoms with Crippen LogP contribution in [0, 0.1) is 11.6 Å². The van der Waals surface area contributed by atoms with Gasteiger partial charge in [-0.25, -0.2) is 8.78 Å². The second kappa shape index (κ2) is 7.01. The number of anilines is 1. The van der Waals surface area contributed by atoms with Crippen molar-refractivity contribution in [2.75, 3.05) is 18.5 Å². The standard InChI is InChI=1S/C12H16BrF2NO2/c1-7(2)18-6-9(17)5-16-12-10(13)3-8(14)4-11(12)15/h3-4,7,9,16-17H,5-6H2,1-2H3. The number of halogens is 3. The minimum Gasteiger partial charge on any atom is -0.389 e. The highest BCUT2D eigenvalue weighted by atomic mass is 79.9. The van der Waals surface area contributed by atoms with Crippen LogP contribution in [0.3, 0.4) is 0 Å². The van der Waals surface area contributed by atoms with Crippen LogP contribution in [-0.2, 0) is 4.74 Å². The molecule has 0 radical (unpaired) electrons. The van der Waals surface area contributed by atoms with Crippen molar-refractivity contribution in [3.8, 4) is 0 Å². The molecule has 0 saturated heterocycles. The number of rotatable bonds is 6. The van der Waals surface area contributed by atoms with Gasteiger partial charge in [0.25, 0.3) is 0 Å². The summed E-state index contributed by atoms with van der Waals surface area (Å²) < 4.78 is 31.8. The van der Waals surface area contributed by atoms with E-state index in [4.69, 9.17) is 4.74 Å². The van der Waals surface area contributed by atoms with Gasteiger partial charge in [0.05, 0.1) is 24.5 Å². The van der Waals surface area contributed by atoms with Crippen molar-refractivity contribution in [2.24, 2.45) is 0 Å². The van der Waals surface area contributed by atoms with Crippen molar-refractivity contribution in [3.05, 3.63) is 28.2 Å². The van der Waals surface area contributed by atoms with Gasteiger partial charge in [-0.2, -0.15) is 0 Å². The molecule has 0 aliphatic carbocycles. The lowest BCUT2D eigenvalue weighted by molar-refractivity contribution is 0.0112. The lowest BCUT2D eigenvalue weighted by Gasteiger charge is -2.16. The highest BCUT2D eigenvalue weighted by molar-refractivity contribution is 9.10. The fraction of sp³-hybridized carbons (Fsp3) is 0.500. The second-order valence-electron chi connectivity index (χ2n) is 4.16. The maximum atomic E-state index is 13.4. The predicted molar refractivity (Wildman–Crippen MR) is 69.6 cm³/mol. The molecule has 0 aliphatic heterocycles. The molecule has 0 aliphatic rings. The van der Waals surface area contributed by atoms with Crippen LogP contribution in [-0.4, -0.2) is 30.5 Å². The SMILES string of the molecule is CC(C)OCC(O)CNc1c(F)cc(F)cc1Br. The summed E-state index contributed by atoms with van der Waals surface area (Å²) in [5.41, 5.74) is 0.125. The Kier molecular flexibility index (Phi) is 5.98. The van der Waals surface area contributed by atoms with Gasteiger partial charge in [0.15, 0.2) is 0 Å². The first kappa shape index (κ1) is 15.3. The minimum absolute atomic E-state index is 0.0222. The van der Waals surface area contributed by atoms with E-state index < -0.39 is 17.7 Å². The topological polar surface area (TPSA) is 41.5 Å². The molecule has 0 bridgehead atoms. The van der Waals surface area contributed by atoms with Crippen LogP contribution in [0.2, 0.25) is 0 Å². The van der Waals surface area contributed by atoms with Crippen molar-refractivity contribution in [1.82, 2.24) is 0 Å². The van der Waals surface area contributed by atoms with Crippen LogP contribution in [0.1, 0.15) is 13.8 Å². The van der Waals surface area contributed by atoms with Crippen LogP contribution in [0.4, 0.5) is 14.5 Å². The maximum Gasteiger partial charge on any atom is 0.150 e. The Balaban J connectivity index is 2.53. The molecule has 1 rings (SSSR count). The summed E-state index contributed by atoms with van der Waals surface area (Å²) in [6.45, 7) is 3.99. The average Bonchev–Trinajstić information content (AvgIpc) is 2.24. The smallest absolute Gasteiger partial charge is 0.150 e. The van der Waals surface area contributed by atoms with Crippen molar-refractivity contribution in [1.29, 1.82) is 0 Å². The van der Waals surface area contributed by atoms with Crippen LogP contribution in [0.15, 0.2) is 16.6 Å². The number of aliphatic hydroxyl groups is 1. The summed E-state index contributed by atoms with van der Waals surface area (Å²) in [5.74, 6) is -1.37. The second-order valence-corrected chi connectivity index (χ2v) is 5.02. The number of benzene rings is 1. The zero-order chi connectivity index (χ0) is 13.7. The number of ether oxygens (including phenoxy) is 1. The van der Waals surface area contributed by atoms with E-state index in [-0.39, 0.29) is 29.4 Å². The molecule has 18 heavy (non-hydrogen) atoms. The number of hydrogen-bond acceptors (Lipinski definition) is 3. The predicted octanol–water partition coefficient (Wildman–Crippen LogP) is 2.93. The molecule has 0 saturated carbocycles. The van der Waals surface area contributed by atoms with E-state index in [1.165, 1.54) is 0 Å². The number of nitrogens with one attached hydrogen (secondary N) is 1. The van der Waals surface area contributed by atoms with Gasteiger partial charge in [-0.05, 0) is 35.8 Å². The quantitative estimate of drug-likeness (QED) is 0.845. The van der Waals surface area contributed by atoms with E-state index in [0.29, 0.717) is 0 Å². The molecule has 0 fully saturated rings. The van der Waals surface area contributed by atoms with Gasteiger partial charge in [-0.15, -0.1) is 0 Å². The van der Waals surface area contributed by atoms with Gasteiger partial charge in [0.2, 0.25) is 0 Å². The molecule has 102 valence electrons. The largest absolute Gasteiger partial charge is 0.389 e. The monoisotopic (exact) mass is 323 g/mol. The molecule has 1 atom stereocenters. The zero-order valence-electron chi connectivity index (χ0n) is 10.2. The van der Waals surface area contributed by atoms with E-state index in [9.17, 15) is 13.9 Å². The molecule has 0 amide bonds. The molecule has 0 aromatic heterocycles. The normalized spacial score (nSPS) is 12.8. The molecule has 2 N–H and O–H groups in total. The Labute approximate surface area is 113 Å². The molecular formula is C12H16BrF2NO2. The highest BCUT2D eigenvalue weighted by Crippen LogP contribution is 2.26. The molecule has 6 heteroatoms. The lowest BCUT2D eigenvalue weighted by atomic mass is 10.2. The van der Waals surface area contributed by atoms with E-state index in [1.54, 1.807) is 0 Å². The van der Waals surface area contributed by atoms with Crippen LogP contribution in [0.5, 0.6) is 0 Å². The summed E-state index contributed by atoms with van der Waals surface area (Å²) in [7, 11) is 0. The molecule has 1 aromatic rings. The third kappa shape index (κ3) is 4.88. The van der Waals surface area contributed by atoms with Crippen molar-refractivity contribution < 1.29 is 18.6 Å². The molecule has 1 aromatic carbocycles. The first-order valence-electron chi connectivity index (χ1n) is 5.58. The fourth-order valence-corrected chi connectivity index (χ4v) is 1.84. The maximum absolute atomic E-state index is 13.4. The average molecular weight is 324 g/mol. The van der Waals surface area contributed by atoms with Crippen LogP contribution in [0.25, 0.3) is 0 Å². The zero-order valence-corrected chi connectivity index (χ0v) is 11.8. The Morgan fingerprint density at radius 3 is 2.61 bits per heavy atom. The van der Waals surface area contributed by atoms with E-state index in [1.807, 2.05) is 13.8 Å². The highest BCUT2D eigenvalue weighted by Gasteiger charge is 2.11. The Hall–Kier alpha value is -0.720. The molecule has 0 heterocycles. The first-order valence-corrected chi connectivity index (χ1v) is 6.37. The van der Waals surface area contributed by atoms with Crippen molar-refractivity contribution in [2.45, 2.75) is 26.1 Å². The lowest BCUT2D eigenvalue weighted by Crippen LogP contribution is -2.26. The molecule has 0 spiro atoms. The molecule has 1 unspecified atom stereocenters. The Bertz CT molecular complexity index is 379. The van der Waals surface area contributed by atoms with Crippen LogP contribution < -0.4 is 5.32 Å². The van der Waals surface area contributed by atoms with Crippen molar-refractivity contribution >= 4 is 21.6 Å². The van der Waals surface area contributed by atoms with E-state index in [2.05, 4.69) is 21.2 Å².